The zero-order chi connectivity index (χ0) is 23.1. The second-order valence-corrected chi connectivity index (χ2v) is 8.80. The first-order valence-corrected chi connectivity index (χ1v) is 11.6. The number of nitrogens with zero attached hydrogens (tertiary/aromatic N) is 6. The van der Waals surface area contributed by atoms with E-state index in [9.17, 15) is 5.26 Å². The summed E-state index contributed by atoms with van der Waals surface area (Å²) in [6.07, 6.45) is 8.44. The fourth-order valence-corrected chi connectivity index (χ4v) is 5.16. The van der Waals surface area contributed by atoms with E-state index in [1.54, 1.807) is 23.1 Å². The van der Waals surface area contributed by atoms with Crippen molar-refractivity contribution in [2.45, 2.75) is 19.4 Å². The molecular weight excluding hydrogens is 428 g/mol. The van der Waals surface area contributed by atoms with Crippen LogP contribution in [0.25, 0.3) is 16.6 Å². The van der Waals surface area contributed by atoms with Crippen LogP contribution in [0.3, 0.4) is 0 Å². The van der Waals surface area contributed by atoms with Gasteiger partial charge in [0.1, 0.15) is 23.7 Å². The number of pyridine rings is 3. The summed E-state index contributed by atoms with van der Waals surface area (Å²) in [4.78, 5) is 11.4. The molecule has 2 aliphatic heterocycles. The summed E-state index contributed by atoms with van der Waals surface area (Å²) in [5, 5.41) is 13.9. The van der Waals surface area contributed by atoms with Gasteiger partial charge in [0.15, 0.2) is 0 Å². The molecule has 7 rings (SSSR count). The van der Waals surface area contributed by atoms with Crippen LogP contribution in [-0.2, 0) is 0 Å². The van der Waals surface area contributed by atoms with Crippen LogP contribution in [0, 0.1) is 23.2 Å². The summed E-state index contributed by atoms with van der Waals surface area (Å²) in [6.45, 7) is 4.34. The van der Waals surface area contributed by atoms with Crippen molar-refractivity contribution in [3.63, 3.8) is 0 Å². The SMILES string of the molecule is CCOc1cc(-c2ccc(N3CC4C[C@@H](C3)C4Oc3ccccn3)nc2)c2c(C#N)cnn2c1. The molecule has 0 radical (unpaired) electrons. The first-order valence-electron chi connectivity index (χ1n) is 11.6. The number of hydrogen-bond acceptors (Lipinski definition) is 7. The van der Waals surface area contributed by atoms with E-state index in [4.69, 9.17) is 14.5 Å². The summed E-state index contributed by atoms with van der Waals surface area (Å²) in [5.74, 6) is 3.33. The van der Waals surface area contributed by atoms with Gasteiger partial charge in [-0.1, -0.05) is 6.07 Å². The van der Waals surface area contributed by atoms with E-state index in [2.05, 4.69) is 33.2 Å². The van der Waals surface area contributed by atoms with Crippen LogP contribution in [0.15, 0.2) is 61.2 Å². The normalized spacial score (nSPS) is 21.1. The fourth-order valence-electron chi connectivity index (χ4n) is 5.16. The Labute approximate surface area is 197 Å². The largest absolute Gasteiger partial charge is 0.492 e. The van der Waals surface area contributed by atoms with Crippen LogP contribution in [0.5, 0.6) is 11.6 Å². The number of piperidine rings is 2. The molecule has 4 aromatic rings. The molecule has 170 valence electrons. The van der Waals surface area contributed by atoms with Crippen LogP contribution in [0.1, 0.15) is 18.9 Å². The van der Waals surface area contributed by atoms with E-state index < -0.39 is 0 Å². The van der Waals surface area contributed by atoms with Gasteiger partial charge in [-0.15, -0.1) is 0 Å². The lowest BCUT2D eigenvalue weighted by Crippen LogP contribution is -2.60. The van der Waals surface area contributed by atoms with E-state index in [0.717, 1.165) is 35.6 Å². The molecule has 2 saturated heterocycles. The number of fused-ring (bicyclic) bond motifs is 3. The maximum Gasteiger partial charge on any atom is 0.213 e. The van der Waals surface area contributed by atoms with Gasteiger partial charge in [-0.2, -0.15) is 10.4 Å². The molecule has 3 fully saturated rings. The summed E-state index contributed by atoms with van der Waals surface area (Å²) in [6, 6.07) is 14.1. The lowest BCUT2D eigenvalue weighted by atomic mass is 9.68. The molecule has 4 aromatic heterocycles. The molecule has 8 nitrogen and oxygen atoms in total. The van der Waals surface area contributed by atoms with Gasteiger partial charge >= 0.3 is 0 Å². The second-order valence-electron chi connectivity index (χ2n) is 8.80. The molecule has 0 spiro atoms. The van der Waals surface area contributed by atoms with Gasteiger partial charge in [0.25, 0.3) is 0 Å². The van der Waals surface area contributed by atoms with Gasteiger partial charge in [-0.25, -0.2) is 14.5 Å². The third-order valence-electron chi connectivity index (χ3n) is 6.74. The van der Waals surface area contributed by atoms with Crippen LogP contribution in [0.4, 0.5) is 5.82 Å². The number of nitriles is 1. The van der Waals surface area contributed by atoms with Crippen LogP contribution in [0.2, 0.25) is 0 Å². The average Bonchev–Trinajstić information content (AvgIpc) is 3.31. The zero-order valence-corrected chi connectivity index (χ0v) is 18.8. The molecule has 1 saturated carbocycles. The van der Waals surface area contributed by atoms with Crippen molar-refractivity contribution in [2.24, 2.45) is 11.8 Å². The van der Waals surface area contributed by atoms with E-state index in [-0.39, 0.29) is 6.10 Å². The smallest absolute Gasteiger partial charge is 0.213 e. The molecule has 1 aliphatic carbocycles. The Morgan fingerprint density at radius 3 is 2.71 bits per heavy atom. The van der Waals surface area contributed by atoms with Gasteiger partial charge < -0.3 is 14.4 Å². The molecule has 6 heterocycles. The molecule has 3 atom stereocenters. The van der Waals surface area contributed by atoms with Crippen molar-refractivity contribution in [1.82, 2.24) is 19.6 Å². The Kier molecular flexibility index (Phi) is 5.02. The van der Waals surface area contributed by atoms with E-state index >= 15 is 0 Å². The first-order chi connectivity index (χ1) is 16.7. The highest BCUT2D eigenvalue weighted by Gasteiger charge is 2.48. The quantitative estimate of drug-likeness (QED) is 0.437. The lowest BCUT2D eigenvalue weighted by Gasteiger charge is -2.53. The van der Waals surface area contributed by atoms with Crippen molar-refractivity contribution in [3.05, 3.63) is 66.7 Å². The fraction of sp³-hybridized carbons (Fsp3) is 0.308. The monoisotopic (exact) mass is 452 g/mol. The zero-order valence-electron chi connectivity index (χ0n) is 18.8. The molecule has 0 amide bonds. The number of anilines is 1. The third kappa shape index (κ3) is 3.50. The van der Waals surface area contributed by atoms with Crippen molar-refractivity contribution < 1.29 is 9.47 Å². The molecule has 8 heteroatoms. The highest BCUT2D eigenvalue weighted by molar-refractivity contribution is 5.85. The minimum Gasteiger partial charge on any atom is -0.492 e. The summed E-state index contributed by atoms with van der Waals surface area (Å²) in [5.41, 5.74) is 3.08. The van der Waals surface area contributed by atoms with E-state index in [1.807, 2.05) is 37.4 Å². The third-order valence-corrected chi connectivity index (χ3v) is 6.74. The van der Waals surface area contributed by atoms with Crippen molar-refractivity contribution >= 4 is 11.3 Å². The van der Waals surface area contributed by atoms with Gasteiger partial charge in [-0.05, 0) is 37.6 Å². The predicted octanol–water partition coefficient (Wildman–Crippen LogP) is 3.97. The number of ether oxygens (including phenoxy) is 2. The standard InChI is InChI=1S/C26H24N6O2/c1-2-33-21-10-22(25-20(11-27)13-30-32(25)16-21)17-6-7-23(29-12-17)31-14-18-9-19(15-31)26(18)34-24-5-3-4-8-28-24/h3-8,10,12-13,16,18-19,26H,2,9,14-15H2,1H3/t18-,19?,26?/m0/s1. The topological polar surface area (TPSA) is 88.6 Å². The predicted molar refractivity (Wildman–Crippen MR) is 127 cm³/mol. The molecule has 34 heavy (non-hydrogen) atoms. The second kappa shape index (κ2) is 8.34. The highest BCUT2D eigenvalue weighted by Crippen LogP contribution is 2.43. The molecule has 2 bridgehead atoms. The minimum absolute atomic E-state index is 0.228. The number of aromatic nitrogens is 4. The van der Waals surface area contributed by atoms with Crippen molar-refractivity contribution in [1.29, 1.82) is 5.26 Å². The van der Waals surface area contributed by atoms with Gasteiger partial charge in [0.2, 0.25) is 5.88 Å². The molecule has 0 N–H and O–H groups in total. The van der Waals surface area contributed by atoms with Gasteiger partial charge in [-0.3, -0.25) is 0 Å². The minimum atomic E-state index is 0.228. The molecular formula is C26H24N6O2. The van der Waals surface area contributed by atoms with Crippen LogP contribution >= 0.6 is 0 Å². The number of rotatable bonds is 6. The van der Waals surface area contributed by atoms with Crippen molar-refractivity contribution in [3.8, 4) is 28.8 Å². The van der Waals surface area contributed by atoms with E-state index in [1.165, 1.54) is 6.42 Å². The highest BCUT2D eigenvalue weighted by atomic mass is 16.5. The first kappa shape index (κ1) is 20.5. The maximum absolute atomic E-state index is 9.56. The Balaban J connectivity index is 1.23. The molecule has 3 aliphatic rings. The lowest BCUT2D eigenvalue weighted by molar-refractivity contribution is -0.0367. The average molecular weight is 453 g/mol. The van der Waals surface area contributed by atoms with Crippen LogP contribution < -0.4 is 14.4 Å². The summed E-state index contributed by atoms with van der Waals surface area (Å²) < 4.78 is 13.6. The maximum atomic E-state index is 9.56. The Morgan fingerprint density at radius 2 is 2.00 bits per heavy atom. The molecule has 2 unspecified atom stereocenters. The van der Waals surface area contributed by atoms with Gasteiger partial charge in [0.05, 0.1) is 30.1 Å². The Hall–Kier alpha value is -4.12. The van der Waals surface area contributed by atoms with Crippen molar-refractivity contribution in [2.75, 3.05) is 24.6 Å². The summed E-state index contributed by atoms with van der Waals surface area (Å²) >= 11 is 0. The summed E-state index contributed by atoms with van der Waals surface area (Å²) in [7, 11) is 0. The van der Waals surface area contributed by atoms with Gasteiger partial charge in [0, 0.05) is 54.5 Å². The van der Waals surface area contributed by atoms with E-state index in [0.29, 0.717) is 35.6 Å². The number of hydrogen-bond donors (Lipinski definition) is 0. The Bertz CT molecular complexity index is 1350. The molecule has 0 aromatic carbocycles. The van der Waals surface area contributed by atoms with Crippen LogP contribution in [-0.4, -0.2) is 45.4 Å². The Morgan fingerprint density at radius 1 is 1.12 bits per heavy atom.